The molecular weight excluding hydrogens is 284 g/mol. The van der Waals surface area contributed by atoms with Crippen LogP contribution in [0.4, 0.5) is 0 Å². The van der Waals surface area contributed by atoms with E-state index in [-0.39, 0.29) is 17.3 Å². The molecule has 3 heterocycles. The van der Waals surface area contributed by atoms with Crippen LogP contribution in [0.1, 0.15) is 27.7 Å². The Morgan fingerprint density at radius 3 is 2.82 bits per heavy atom. The van der Waals surface area contributed by atoms with Gasteiger partial charge in [0.1, 0.15) is 12.1 Å². The second-order valence-corrected chi connectivity index (χ2v) is 4.51. The molecule has 0 spiro atoms. The molecule has 2 N–H and O–H groups in total. The maximum absolute atomic E-state index is 12.0. The summed E-state index contributed by atoms with van der Waals surface area (Å²) in [5.41, 5.74) is 1.03. The minimum absolute atomic E-state index is 0.0527. The van der Waals surface area contributed by atoms with Gasteiger partial charge in [0.2, 0.25) is 11.6 Å². The standard InChI is InChI=1S/C15H12N4O3/c20-12(8-13(21)15-17-9-18-19-15)14-2-1-11(22-14)7-10-3-5-16-6-4-10/h1-6,8-9,21H,7H2,(H,17,18,19). The average Bonchev–Trinajstić information content (AvgIpc) is 3.19. The van der Waals surface area contributed by atoms with Gasteiger partial charge in [0.25, 0.3) is 0 Å². The van der Waals surface area contributed by atoms with Gasteiger partial charge in [-0.15, -0.1) is 0 Å². The minimum atomic E-state index is -0.455. The van der Waals surface area contributed by atoms with Gasteiger partial charge in [0.15, 0.2) is 11.5 Å². The molecule has 0 amide bonds. The third kappa shape index (κ3) is 3.09. The fourth-order valence-corrected chi connectivity index (χ4v) is 1.90. The molecule has 0 atom stereocenters. The highest BCUT2D eigenvalue weighted by molar-refractivity contribution is 6.05. The molecule has 0 bridgehead atoms. The maximum Gasteiger partial charge on any atom is 0.224 e. The van der Waals surface area contributed by atoms with Gasteiger partial charge in [-0.3, -0.25) is 14.9 Å². The fourth-order valence-electron chi connectivity index (χ4n) is 1.90. The molecule has 0 fully saturated rings. The van der Waals surface area contributed by atoms with Crippen LogP contribution in [0.15, 0.2) is 53.5 Å². The molecule has 110 valence electrons. The summed E-state index contributed by atoms with van der Waals surface area (Å²) in [5, 5.41) is 15.9. The monoisotopic (exact) mass is 296 g/mol. The quantitative estimate of drug-likeness (QED) is 0.424. The zero-order chi connectivity index (χ0) is 15.4. The summed E-state index contributed by atoms with van der Waals surface area (Å²) >= 11 is 0. The van der Waals surface area contributed by atoms with E-state index in [4.69, 9.17) is 4.42 Å². The second kappa shape index (κ2) is 6.04. The van der Waals surface area contributed by atoms with E-state index in [0.29, 0.717) is 12.2 Å². The lowest BCUT2D eigenvalue weighted by Crippen LogP contribution is -1.96. The normalized spacial score (nSPS) is 11.5. The van der Waals surface area contributed by atoms with Gasteiger partial charge in [0.05, 0.1) is 0 Å². The summed E-state index contributed by atoms with van der Waals surface area (Å²) in [6.45, 7) is 0. The number of nitrogens with zero attached hydrogens (tertiary/aromatic N) is 3. The average molecular weight is 296 g/mol. The Morgan fingerprint density at radius 2 is 2.09 bits per heavy atom. The molecule has 0 saturated carbocycles. The molecule has 3 rings (SSSR count). The molecule has 0 aliphatic carbocycles. The molecule has 0 aliphatic heterocycles. The summed E-state index contributed by atoms with van der Waals surface area (Å²) < 4.78 is 5.49. The van der Waals surface area contributed by atoms with Gasteiger partial charge in [-0.25, -0.2) is 4.98 Å². The van der Waals surface area contributed by atoms with Crippen molar-refractivity contribution >= 4 is 11.5 Å². The zero-order valence-corrected chi connectivity index (χ0v) is 11.4. The third-order valence-corrected chi connectivity index (χ3v) is 2.94. The Balaban J connectivity index is 1.73. The summed E-state index contributed by atoms with van der Waals surface area (Å²) in [6, 6.07) is 7.05. The minimum Gasteiger partial charge on any atom is -0.504 e. The van der Waals surface area contributed by atoms with Crippen molar-refractivity contribution in [3.05, 3.63) is 72.0 Å². The highest BCUT2D eigenvalue weighted by atomic mass is 16.3. The Kier molecular flexibility index (Phi) is 3.78. The first-order valence-corrected chi connectivity index (χ1v) is 6.51. The van der Waals surface area contributed by atoms with E-state index in [1.807, 2.05) is 12.1 Å². The molecule has 0 radical (unpaired) electrons. The highest BCUT2D eigenvalue weighted by Gasteiger charge is 2.12. The number of carbonyl (C=O) groups is 1. The number of hydrogen-bond acceptors (Lipinski definition) is 6. The van der Waals surface area contributed by atoms with Crippen molar-refractivity contribution in [2.24, 2.45) is 0 Å². The highest BCUT2D eigenvalue weighted by Crippen LogP contribution is 2.15. The largest absolute Gasteiger partial charge is 0.504 e. The smallest absolute Gasteiger partial charge is 0.224 e. The van der Waals surface area contributed by atoms with E-state index in [2.05, 4.69) is 20.2 Å². The molecule has 0 aromatic carbocycles. The van der Waals surface area contributed by atoms with Crippen LogP contribution in [0.5, 0.6) is 0 Å². The van der Waals surface area contributed by atoms with E-state index >= 15 is 0 Å². The van der Waals surface area contributed by atoms with Crippen LogP contribution < -0.4 is 0 Å². The number of nitrogens with one attached hydrogen (secondary N) is 1. The van der Waals surface area contributed by atoms with Gasteiger partial charge in [0, 0.05) is 24.9 Å². The van der Waals surface area contributed by atoms with Crippen molar-refractivity contribution in [2.45, 2.75) is 6.42 Å². The lowest BCUT2D eigenvalue weighted by molar-refractivity contribution is 0.101. The first-order chi connectivity index (χ1) is 10.7. The van der Waals surface area contributed by atoms with Crippen molar-refractivity contribution < 1.29 is 14.3 Å². The SMILES string of the molecule is O=C(C=C(O)c1nc[nH]n1)c1ccc(Cc2ccncc2)o1. The number of rotatable bonds is 5. The number of aromatic nitrogens is 4. The molecule has 0 aliphatic rings. The molecule has 0 unspecified atom stereocenters. The lowest BCUT2D eigenvalue weighted by atomic mass is 10.2. The predicted molar refractivity (Wildman–Crippen MR) is 77.1 cm³/mol. The van der Waals surface area contributed by atoms with Gasteiger partial charge in [-0.2, -0.15) is 5.10 Å². The Morgan fingerprint density at radius 1 is 1.27 bits per heavy atom. The fraction of sp³-hybridized carbons (Fsp3) is 0.0667. The number of carbonyl (C=O) groups excluding carboxylic acids is 1. The molecule has 7 nitrogen and oxygen atoms in total. The molecule has 3 aromatic rings. The number of pyridine rings is 1. The maximum atomic E-state index is 12.0. The Labute approximate surface area is 125 Å². The van der Waals surface area contributed by atoms with Crippen LogP contribution in [0.25, 0.3) is 5.76 Å². The van der Waals surface area contributed by atoms with Crippen molar-refractivity contribution in [1.29, 1.82) is 0 Å². The van der Waals surface area contributed by atoms with Crippen molar-refractivity contribution in [2.75, 3.05) is 0 Å². The number of aliphatic hydroxyl groups excluding tert-OH is 1. The number of allylic oxidation sites excluding steroid dienone is 1. The van der Waals surface area contributed by atoms with Gasteiger partial charge in [-0.1, -0.05) is 0 Å². The number of furan rings is 1. The number of aliphatic hydroxyl groups is 1. The number of hydrogen-bond donors (Lipinski definition) is 2. The van der Waals surface area contributed by atoms with E-state index in [0.717, 1.165) is 11.6 Å². The summed E-state index contributed by atoms with van der Waals surface area (Å²) in [6.07, 6.45) is 6.29. The van der Waals surface area contributed by atoms with Crippen LogP contribution in [0.3, 0.4) is 0 Å². The predicted octanol–water partition coefficient (Wildman–Crippen LogP) is 2.17. The number of aromatic amines is 1. The topological polar surface area (TPSA) is 105 Å². The van der Waals surface area contributed by atoms with E-state index in [1.165, 1.54) is 6.33 Å². The van der Waals surface area contributed by atoms with Crippen molar-refractivity contribution in [1.82, 2.24) is 20.2 Å². The first kappa shape index (κ1) is 13.7. The zero-order valence-electron chi connectivity index (χ0n) is 11.4. The van der Waals surface area contributed by atoms with Gasteiger partial charge >= 0.3 is 0 Å². The van der Waals surface area contributed by atoms with Gasteiger partial charge < -0.3 is 9.52 Å². The third-order valence-electron chi connectivity index (χ3n) is 2.94. The van der Waals surface area contributed by atoms with Crippen LogP contribution in [0, 0.1) is 0 Å². The van der Waals surface area contributed by atoms with Crippen LogP contribution in [-0.4, -0.2) is 31.1 Å². The van der Waals surface area contributed by atoms with E-state index in [9.17, 15) is 9.90 Å². The summed E-state index contributed by atoms with van der Waals surface area (Å²) in [7, 11) is 0. The lowest BCUT2D eigenvalue weighted by Gasteiger charge is -1.97. The van der Waals surface area contributed by atoms with Crippen molar-refractivity contribution in [3.63, 3.8) is 0 Å². The molecule has 22 heavy (non-hydrogen) atoms. The van der Waals surface area contributed by atoms with Gasteiger partial charge in [-0.05, 0) is 29.8 Å². The molecule has 3 aromatic heterocycles. The molecule has 7 heteroatoms. The molecule has 0 saturated heterocycles. The first-order valence-electron chi connectivity index (χ1n) is 6.51. The second-order valence-electron chi connectivity index (χ2n) is 4.51. The Hall–Kier alpha value is -3.22. The van der Waals surface area contributed by atoms with E-state index < -0.39 is 5.78 Å². The molecular formula is C15H12N4O3. The summed E-state index contributed by atoms with van der Waals surface area (Å²) in [5.74, 6) is 0.0741. The van der Waals surface area contributed by atoms with Crippen molar-refractivity contribution in [3.8, 4) is 0 Å². The Bertz CT molecular complexity index is 791. The van der Waals surface area contributed by atoms with Crippen LogP contribution >= 0.6 is 0 Å². The van der Waals surface area contributed by atoms with E-state index in [1.54, 1.807) is 24.5 Å². The summed E-state index contributed by atoms with van der Waals surface area (Å²) in [4.78, 5) is 19.7. The van der Waals surface area contributed by atoms with Crippen LogP contribution in [-0.2, 0) is 6.42 Å². The number of ketones is 1. The van der Waals surface area contributed by atoms with Crippen LogP contribution in [0.2, 0.25) is 0 Å². The number of H-pyrrole nitrogens is 1.